The van der Waals surface area contributed by atoms with Crippen molar-refractivity contribution in [2.24, 2.45) is 0 Å². The van der Waals surface area contributed by atoms with Gasteiger partial charge in [-0.25, -0.2) is 4.39 Å². The fourth-order valence-electron chi connectivity index (χ4n) is 1.77. The molecule has 0 aliphatic heterocycles. The van der Waals surface area contributed by atoms with E-state index in [1.165, 1.54) is 6.07 Å². The summed E-state index contributed by atoms with van der Waals surface area (Å²) in [6, 6.07) is 8.41. The Morgan fingerprint density at radius 2 is 2.10 bits per heavy atom. The van der Waals surface area contributed by atoms with Crippen molar-refractivity contribution in [3.05, 3.63) is 58.1 Å². The van der Waals surface area contributed by atoms with Crippen molar-refractivity contribution in [3.63, 3.8) is 0 Å². The van der Waals surface area contributed by atoms with Crippen LogP contribution in [0.3, 0.4) is 0 Å². The Kier molecular flexibility index (Phi) is 5.47. The lowest BCUT2D eigenvalue weighted by molar-refractivity contribution is 0.286. The Morgan fingerprint density at radius 3 is 2.85 bits per heavy atom. The quantitative estimate of drug-likeness (QED) is 0.730. The third kappa shape index (κ3) is 4.00. The van der Waals surface area contributed by atoms with Crippen LogP contribution in [-0.4, -0.2) is 18.3 Å². The van der Waals surface area contributed by atoms with E-state index in [4.69, 9.17) is 4.74 Å². The van der Waals surface area contributed by atoms with Gasteiger partial charge >= 0.3 is 0 Å². The Balaban J connectivity index is 2.16. The molecule has 5 heteroatoms. The molecule has 20 heavy (non-hydrogen) atoms. The van der Waals surface area contributed by atoms with Crippen molar-refractivity contribution in [2.45, 2.75) is 12.8 Å². The number of hydrogen-bond donors (Lipinski definition) is 0. The molecule has 2 rings (SSSR count). The number of aromatic nitrogens is 1. The van der Waals surface area contributed by atoms with E-state index < -0.39 is 6.67 Å². The van der Waals surface area contributed by atoms with Gasteiger partial charge in [-0.2, -0.15) is 0 Å². The lowest BCUT2D eigenvalue weighted by Crippen LogP contribution is -2.03. The Morgan fingerprint density at radius 1 is 1.25 bits per heavy atom. The van der Waals surface area contributed by atoms with Gasteiger partial charge in [0.1, 0.15) is 11.6 Å². The van der Waals surface area contributed by atoms with Gasteiger partial charge in [0.2, 0.25) is 0 Å². The number of hydrogen-bond acceptors (Lipinski definition) is 2. The molecule has 0 atom stereocenters. The molecule has 0 unspecified atom stereocenters. The molecule has 0 aliphatic carbocycles. The maximum Gasteiger partial charge on any atom is 0.141 e. The fourth-order valence-corrected chi connectivity index (χ4v) is 2.10. The van der Waals surface area contributed by atoms with E-state index in [0.29, 0.717) is 34.3 Å². The number of pyridine rings is 1. The SMILES string of the molecule is FCCCOc1cccnc1Cc1ccc(Br)cc1F. The number of alkyl halides is 1. The normalized spacial score (nSPS) is 10.6. The van der Waals surface area contributed by atoms with Crippen molar-refractivity contribution >= 4 is 15.9 Å². The molecular formula is C15H14BrF2NO. The first-order valence-corrected chi connectivity index (χ1v) is 7.06. The van der Waals surface area contributed by atoms with Gasteiger partial charge in [-0.1, -0.05) is 22.0 Å². The second kappa shape index (κ2) is 7.33. The molecule has 0 aliphatic rings. The number of benzene rings is 1. The van der Waals surface area contributed by atoms with Gasteiger partial charge in [0.05, 0.1) is 19.0 Å². The third-order valence-electron chi connectivity index (χ3n) is 2.76. The predicted molar refractivity (Wildman–Crippen MR) is 77.2 cm³/mol. The molecule has 106 valence electrons. The van der Waals surface area contributed by atoms with E-state index in [-0.39, 0.29) is 12.4 Å². The predicted octanol–water partition coefficient (Wildman–Crippen LogP) is 4.31. The van der Waals surface area contributed by atoms with E-state index in [0.717, 1.165) is 0 Å². The van der Waals surface area contributed by atoms with E-state index in [1.807, 2.05) is 0 Å². The maximum atomic E-state index is 13.8. The molecule has 2 nitrogen and oxygen atoms in total. The topological polar surface area (TPSA) is 22.1 Å². The molecule has 0 amide bonds. The van der Waals surface area contributed by atoms with Crippen molar-refractivity contribution in [2.75, 3.05) is 13.3 Å². The van der Waals surface area contributed by atoms with Gasteiger partial charge in [0.25, 0.3) is 0 Å². The van der Waals surface area contributed by atoms with Crippen LogP contribution in [0.15, 0.2) is 41.0 Å². The highest BCUT2D eigenvalue weighted by Gasteiger charge is 2.09. The largest absolute Gasteiger partial charge is 0.492 e. The molecule has 2 aromatic rings. The molecule has 0 spiro atoms. The molecule has 1 heterocycles. The highest BCUT2D eigenvalue weighted by atomic mass is 79.9. The van der Waals surface area contributed by atoms with Crippen LogP contribution in [0.1, 0.15) is 17.7 Å². The van der Waals surface area contributed by atoms with Crippen LogP contribution < -0.4 is 4.74 Å². The minimum Gasteiger partial charge on any atom is -0.492 e. The van der Waals surface area contributed by atoms with Gasteiger partial charge < -0.3 is 4.74 Å². The first kappa shape index (κ1) is 14.9. The van der Waals surface area contributed by atoms with E-state index in [9.17, 15) is 8.78 Å². The highest BCUT2D eigenvalue weighted by Crippen LogP contribution is 2.22. The summed E-state index contributed by atoms with van der Waals surface area (Å²) in [4.78, 5) is 4.22. The maximum absolute atomic E-state index is 13.8. The highest BCUT2D eigenvalue weighted by molar-refractivity contribution is 9.10. The standard InChI is InChI=1S/C15H14BrF2NO/c16-12-5-4-11(13(18)10-12)9-14-15(3-1-7-19-14)20-8-2-6-17/h1,3-5,7,10H,2,6,8-9H2. The Labute approximate surface area is 124 Å². The zero-order valence-corrected chi connectivity index (χ0v) is 12.4. The van der Waals surface area contributed by atoms with Crippen LogP contribution in [0, 0.1) is 5.82 Å². The summed E-state index contributed by atoms with van der Waals surface area (Å²) in [5.74, 6) is 0.281. The third-order valence-corrected chi connectivity index (χ3v) is 3.25. The number of ether oxygens (including phenoxy) is 1. The summed E-state index contributed by atoms with van der Waals surface area (Å²) in [7, 11) is 0. The lowest BCUT2D eigenvalue weighted by atomic mass is 10.1. The second-order valence-electron chi connectivity index (χ2n) is 4.25. The van der Waals surface area contributed by atoms with Gasteiger partial charge in [-0.3, -0.25) is 9.37 Å². The van der Waals surface area contributed by atoms with Crippen LogP contribution in [-0.2, 0) is 6.42 Å². The van der Waals surface area contributed by atoms with Crippen LogP contribution >= 0.6 is 15.9 Å². The Hall–Kier alpha value is -1.49. The van der Waals surface area contributed by atoms with E-state index >= 15 is 0 Å². The number of nitrogens with zero attached hydrogens (tertiary/aromatic N) is 1. The Bertz CT molecular complexity index is 578. The van der Waals surface area contributed by atoms with Crippen molar-refractivity contribution in [3.8, 4) is 5.75 Å². The van der Waals surface area contributed by atoms with Crippen molar-refractivity contribution in [1.82, 2.24) is 4.98 Å². The van der Waals surface area contributed by atoms with Gasteiger partial charge in [0, 0.05) is 23.5 Å². The van der Waals surface area contributed by atoms with Gasteiger partial charge in [-0.05, 0) is 29.8 Å². The molecular weight excluding hydrogens is 328 g/mol. The summed E-state index contributed by atoms with van der Waals surface area (Å²) in [5.41, 5.74) is 1.19. The van der Waals surface area contributed by atoms with Crippen LogP contribution in [0.4, 0.5) is 8.78 Å². The number of halogens is 3. The second-order valence-corrected chi connectivity index (χ2v) is 5.17. The van der Waals surface area contributed by atoms with E-state index in [1.54, 1.807) is 30.5 Å². The molecule has 0 fully saturated rings. The van der Waals surface area contributed by atoms with E-state index in [2.05, 4.69) is 20.9 Å². The summed E-state index contributed by atoms with van der Waals surface area (Å²) in [6.45, 7) is -0.130. The van der Waals surface area contributed by atoms with Crippen LogP contribution in [0.2, 0.25) is 0 Å². The molecule has 0 N–H and O–H groups in total. The summed E-state index contributed by atoms with van der Waals surface area (Å²) in [5, 5.41) is 0. The van der Waals surface area contributed by atoms with Crippen molar-refractivity contribution < 1.29 is 13.5 Å². The molecule has 1 aromatic carbocycles. The summed E-state index contributed by atoms with van der Waals surface area (Å²) < 4.78 is 32.1. The average molecular weight is 342 g/mol. The zero-order chi connectivity index (χ0) is 14.4. The molecule has 0 radical (unpaired) electrons. The monoisotopic (exact) mass is 341 g/mol. The molecule has 0 bridgehead atoms. The molecule has 0 saturated carbocycles. The summed E-state index contributed by atoms with van der Waals surface area (Å²) in [6.07, 6.45) is 2.31. The number of rotatable bonds is 6. The fraction of sp³-hybridized carbons (Fsp3) is 0.267. The summed E-state index contributed by atoms with van der Waals surface area (Å²) >= 11 is 3.22. The van der Waals surface area contributed by atoms with Crippen molar-refractivity contribution in [1.29, 1.82) is 0 Å². The minimum absolute atomic E-state index is 0.290. The van der Waals surface area contributed by atoms with Gasteiger partial charge in [0.15, 0.2) is 0 Å². The van der Waals surface area contributed by atoms with Crippen LogP contribution in [0.25, 0.3) is 0 Å². The van der Waals surface area contributed by atoms with Gasteiger partial charge in [-0.15, -0.1) is 0 Å². The zero-order valence-electron chi connectivity index (χ0n) is 10.8. The lowest BCUT2D eigenvalue weighted by Gasteiger charge is -2.10. The smallest absolute Gasteiger partial charge is 0.141 e. The average Bonchev–Trinajstić information content (AvgIpc) is 2.44. The molecule has 1 aromatic heterocycles. The first-order valence-electron chi connectivity index (χ1n) is 6.27. The minimum atomic E-state index is -0.420. The van der Waals surface area contributed by atoms with Crippen LogP contribution in [0.5, 0.6) is 5.75 Å². The molecule has 0 saturated heterocycles. The first-order chi connectivity index (χ1) is 9.70.